The van der Waals surface area contributed by atoms with E-state index in [-0.39, 0.29) is 5.54 Å². The Kier molecular flexibility index (Phi) is 5.80. The van der Waals surface area contributed by atoms with Gasteiger partial charge in [-0.1, -0.05) is 0 Å². The van der Waals surface area contributed by atoms with Gasteiger partial charge in [0.1, 0.15) is 18.0 Å². The van der Waals surface area contributed by atoms with Gasteiger partial charge in [-0.2, -0.15) is 0 Å². The predicted octanol–water partition coefficient (Wildman–Crippen LogP) is 0.945. The van der Waals surface area contributed by atoms with E-state index in [1.165, 1.54) is 0 Å². The second-order valence-corrected chi connectivity index (χ2v) is 4.70. The Morgan fingerprint density at radius 1 is 1.22 bits per heavy atom. The van der Waals surface area contributed by atoms with Crippen LogP contribution in [0.2, 0.25) is 0 Å². The summed E-state index contributed by atoms with van der Waals surface area (Å²) >= 11 is 0. The number of nitrogens with one attached hydrogen (secondary N) is 3. The van der Waals surface area contributed by atoms with Crippen molar-refractivity contribution in [3.05, 3.63) is 12.4 Å². The van der Waals surface area contributed by atoms with Gasteiger partial charge in [-0.25, -0.2) is 9.97 Å². The van der Waals surface area contributed by atoms with E-state index in [0.29, 0.717) is 6.61 Å². The van der Waals surface area contributed by atoms with E-state index in [0.717, 1.165) is 24.7 Å². The van der Waals surface area contributed by atoms with Gasteiger partial charge in [-0.15, -0.1) is 0 Å². The van der Waals surface area contributed by atoms with Crippen LogP contribution in [0.1, 0.15) is 13.8 Å². The molecule has 0 unspecified atom stereocenters. The van der Waals surface area contributed by atoms with Crippen LogP contribution < -0.4 is 16.0 Å². The highest BCUT2D eigenvalue weighted by Crippen LogP contribution is 2.10. The molecule has 0 aromatic carbocycles. The lowest BCUT2D eigenvalue weighted by atomic mass is 10.1. The van der Waals surface area contributed by atoms with Crippen LogP contribution in [0.15, 0.2) is 12.4 Å². The number of ether oxygens (including phenoxy) is 1. The van der Waals surface area contributed by atoms with Crippen LogP contribution in [-0.4, -0.2) is 49.4 Å². The number of hydrogen-bond acceptors (Lipinski definition) is 6. The van der Waals surface area contributed by atoms with Crippen molar-refractivity contribution in [1.29, 1.82) is 0 Å². The van der Waals surface area contributed by atoms with E-state index < -0.39 is 0 Å². The summed E-state index contributed by atoms with van der Waals surface area (Å²) in [6.07, 6.45) is 1.55. The molecule has 6 nitrogen and oxygen atoms in total. The van der Waals surface area contributed by atoms with E-state index in [9.17, 15) is 0 Å². The maximum Gasteiger partial charge on any atom is 0.131 e. The first-order valence-electron chi connectivity index (χ1n) is 6.05. The molecule has 0 aliphatic heterocycles. The summed E-state index contributed by atoms with van der Waals surface area (Å²) < 4.78 is 4.97. The minimum absolute atomic E-state index is 0.0224. The lowest BCUT2D eigenvalue weighted by molar-refractivity contribution is 0.210. The number of anilines is 2. The van der Waals surface area contributed by atoms with Gasteiger partial charge in [0.25, 0.3) is 0 Å². The fraction of sp³-hybridized carbons (Fsp3) is 0.667. The van der Waals surface area contributed by atoms with E-state index >= 15 is 0 Å². The lowest BCUT2D eigenvalue weighted by Gasteiger charge is -2.24. The predicted molar refractivity (Wildman–Crippen MR) is 74.0 cm³/mol. The van der Waals surface area contributed by atoms with Crippen LogP contribution in [0.5, 0.6) is 0 Å². The molecule has 18 heavy (non-hydrogen) atoms. The Morgan fingerprint density at radius 3 is 2.50 bits per heavy atom. The molecule has 0 fully saturated rings. The highest BCUT2D eigenvalue weighted by molar-refractivity contribution is 5.46. The van der Waals surface area contributed by atoms with Crippen molar-refractivity contribution in [3.63, 3.8) is 0 Å². The van der Waals surface area contributed by atoms with Crippen molar-refractivity contribution in [3.8, 4) is 0 Å². The third-order valence-corrected chi connectivity index (χ3v) is 2.67. The summed E-state index contributed by atoms with van der Waals surface area (Å²) in [6.45, 7) is 6.42. The van der Waals surface area contributed by atoms with Crippen molar-refractivity contribution in [1.82, 2.24) is 15.3 Å². The standard InChI is InChI=1S/C12H23N5O/c1-12(2,13-3)8-15-11-7-10(16-9-17-11)14-5-6-18-4/h7,9,13H,5-6,8H2,1-4H3,(H2,14,15,16,17). The Bertz CT molecular complexity index is 356. The topological polar surface area (TPSA) is 71.1 Å². The molecule has 0 saturated heterocycles. The third-order valence-electron chi connectivity index (χ3n) is 2.67. The van der Waals surface area contributed by atoms with Crippen molar-refractivity contribution in [2.45, 2.75) is 19.4 Å². The number of nitrogens with zero attached hydrogens (tertiary/aromatic N) is 2. The maximum absolute atomic E-state index is 4.97. The van der Waals surface area contributed by atoms with Gasteiger partial charge < -0.3 is 20.7 Å². The Hall–Kier alpha value is -1.40. The van der Waals surface area contributed by atoms with Crippen LogP contribution in [0.25, 0.3) is 0 Å². The normalized spacial score (nSPS) is 11.3. The molecule has 102 valence electrons. The summed E-state index contributed by atoms with van der Waals surface area (Å²) in [6, 6.07) is 1.89. The summed E-state index contributed by atoms with van der Waals surface area (Å²) in [5.74, 6) is 1.61. The minimum atomic E-state index is 0.0224. The first-order valence-corrected chi connectivity index (χ1v) is 6.05. The Balaban J connectivity index is 2.49. The number of likely N-dealkylation sites (N-methyl/N-ethyl adjacent to an activating group) is 1. The van der Waals surface area contributed by atoms with Gasteiger partial charge in [0.2, 0.25) is 0 Å². The lowest BCUT2D eigenvalue weighted by Crippen LogP contribution is -2.42. The molecule has 1 aromatic heterocycles. The molecule has 0 saturated carbocycles. The first kappa shape index (κ1) is 14.7. The molecule has 0 bridgehead atoms. The quantitative estimate of drug-likeness (QED) is 0.599. The smallest absolute Gasteiger partial charge is 0.131 e. The number of methoxy groups -OCH3 is 1. The highest BCUT2D eigenvalue weighted by Gasteiger charge is 2.14. The van der Waals surface area contributed by atoms with Crippen molar-refractivity contribution in [2.75, 3.05) is 44.5 Å². The molecule has 0 spiro atoms. The molecular formula is C12H23N5O. The molecule has 0 amide bonds. The summed E-state index contributed by atoms with van der Waals surface area (Å²) in [7, 11) is 3.62. The van der Waals surface area contributed by atoms with E-state index in [2.05, 4.69) is 39.8 Å². The molecule has 1 aromatic rings. The molecule has 0 aliphatic rings. The zero-order valence-corrected chi connectivity index (χ0v) is 11.6. The first-order chi connectivity index (χ1) is 8.57. The molecule has 6 heteroatoms. The van der Waals surface area contributed by atoms with Crippen molar-refractivity contribution in [2.24, 2.45) is 0 Å². The fourth-order valence-electron chi connectivity index (χ4n) is 1.23. The highest BCUT2D eigenvalue weighted by atomic mass is 16.5. The number of aromatic nitrogens is 2. The van der Waals surface area contributed by atoms with Gasteiger partial charge in [0.15, 0.2) is 0 Å². The molecule has 0 radical (unpaired) electrons. The molecule has 1 heterocycles. The molecule has 1 rings (SSSR count). The monoisotopic (exact) mass is 253 g/mol. The van der Waals surface area contributed by atoms with Crippen LogP contribution >= 0.6 is 0 Å². The largest absolute Gasteiger partial charge is 0.383 e. The Morgan fingerprint density at radius 2 is 1.89 bits per heavy atom. The second-order valence-electron chi connectivity index (χ2n) is 4.70. The van der Waals surface area contributed by atoms with Gasteiger partial charge in [0, 0.05) is 31.8 Å². The van der Waals surface area contributed by atoms with E-state index in [1.807, 2.05) is 13.1 Å². The average molecular weight is 253 g/mol. The molecule has 3 N–H and O–H groups in total. The molecule has 0 aliphatic carbocycles. The SMILES string of the molecule is CNC(C)(C)CNc1cc(NCCOC)ncn1. The minimum Gasteiger partial charge on any atom is -0.383 e. The summed E-state index contributed by atoms with van der Waals surface area (Å²) in [5.41, 5.74) is 0.0224. The zero-order chi connectivity index (χ0) is 13.4. The van der Waals surface area contributed by atoms with Gasteiger partial charge in [-0.05, 0) is 20.9 Å². The van der Waals surface area contributed by atoms with Crippen molar-refractivity contribution >= 4 is 11.6 Å². The van der Waals surface area contributed by atoms with Crippen molar-refractivity contribution < 1.29 is 4.74 Å². The fourth-order valence-corrected chi connectivity index (χ4v) is 1.23. The van der Waals surface area contributed by atoms with Crippen LogP contribution in [0, 0.1) is 0 Å². The van der Waals surface area contributed by atoms with Crippen LogP contribution in [0.3, 0.4) is 0 Å². The van der Waals surface area contributed by atoms with E-state index in [4.69, 9.17) is 4.74 Å². The van der Waals surface area contributed by atoms with Gasteiger partial charge >= 0.3 is 0 Å². The zero-order valence-electron chi connectivity index (χ0n) is 11.6. The number of hydrogen-bond donors (Lipinski definition) is 3. The molecule has 0 atom stereocenters. The molecular weight excluding hydrogens is 230 g/mol. The third kappa shape index (κ3) is 5.29. The second kappa shape index (κ2) is 7.13. The van der Waals surface area contributed by atoms with E-state index in [1.54, 1.807) is 13.4 Å². The summed E-state index contributed by atoms with van der Waals surface area (Å²) in [4.78, 5) is 8.33. The Labute approximate surface area is 109 Å². The van der Waals surface area contributed by atoms with Gasteiger partial charge in [-0.3, -0.25) is 0 Å². The maximum atomic E-state index is 4.97. The number of rotatable bonds is 8. The van der Waals surface area contributed by atoms with Crippen LogP contribution in [0.4, 0.5) is 11.6 Å². The summed E-state index contributed by atoms with van der Waals surface area (Å²) in [5, 5.41) is 9.68. The van der Waals surface area contributed by atoms with Gasteiger partial charge in [0.05, 0.1) is 6.61 Å². The van der Waals surface area contributed by atoms with Crippen LogP contribution in [-0.2, 0) is 4.74 Å². The average Bonchev–Trinajstić information content (AvgIpc) is 2.38.